The summed E-state index contributed by atoms with van der Waals surface area (Å²) in [6.07, 6.45) is 45.9. The van der Waals surface area contributed by atoms with Gasteiger partial charge >= 0.3 is 19.8 Å². The van der Waals surface area contributed by atoms with E-state index in [1.54, 1.807) is 6.08 Å². The fraction of sp³-hybridized carbons (Fsp3) is 0.535. The summed E-state index contributed by atoms with van der Waals surface area (Å²) in [5.74, 6) is -1.00. The molecule has 10 nitrogen and oxygen atoms in total. The number of phosphoric ester groups is 1. The number of aliphatic hydroxyl groups excluding tert-OH is 1. The van der Waals surface area contributed by atoms with Crippen molar-refractivity contribution in [2.75, 3.05) is 26.4 Å². The first-order valence-corrected chi connectivity index (χ1v) is 21.0. The van der Waals surface area contributed by atoms with Gasteiger partial charge in [-0.3, -0.25) is 18.6 Å². The number of hydrogen-bond acceptors (Lipinski definition) is 9. The summed E-state index contributed by atoms with van der Waals surface area (Å²) >= 11 is 0. The molecule has 0 aromatic carbocycles. The molecule has 0 aromatic rings. The lowest BCUT2D eigenvalue weighted by Gasteiger charge is -2.19. The summed E-state index contributed by atoms with van der Waals surface area (Å²) in [5.41, 5.74) is 5.32. The van der Waals surface area contributed by atoms with Gasteiger partial charge < -0.3 is 25.2 Å². The average molecular weight is 774 g/mol. The van der Waals surface area contributed by atoms with Gasteiger partial charge in [0.1, 0.15) is 6.61 Å². The maximum atomic E-state index is 12.5. The molecule has 0 amide bonds. The van der Waals surface area contributed by atoms with Crippen LogP contribution in [-0.2, 0) is 32.7 Å². The molecule has 0 heterocycles. The lowest BCUT2D eigenvalue weighted by molar-refractivity contribution is -0.161. The summed E-state index contributed by atoms with van der Waals surface area (Å²) in [7, 11) is -4.42. The summed E-state index contributed by atoms with van der Waals surface area (Å²) in [6.45, 7) is 3.24. The van der Waals surface area contributed by atoms with Crippen LogP contribution in [0.2, 0.25) is 0 Å². The van der Waals surface area contributed by atoms with Crippen LogP contribution in [0.3, 0.4) is 0 Å². The van der Waals surface area contributed by atoms with Gasteiger partial charge in [-0.25, -0.2) is 4.57 Å². The van der Waals surface area contributed by atoms with E-state index in [0.29, 0.717) is 32.1 Å². The highest BCUT2D eigenvalue weighted by Crippen LogP contribution is 2.43. The largest absolute Gasteiger partial charge is 0.472 e. The van der Waals surface area contributed by atoms with E-state index in [2.05, 4.69) is 74.6 Å². The van der Waals surface area contributed by atoms with Gasteiger partial charge in [0.05, 0.1) is 19.3 Å². The number of unbranched alkanes of at least 4 members (excludes halogenated alkanes) is 3. The molecule has 0 saturated heterocycles. The van der Waals surface area contributed by atoms with Crippen LogP contribution in [0.4, 0.5) is 0 Å². The van der Waals surface area contributed by atoms with Crippen LogP contribution >= 0.6 is 7.82 Å². The van der Waals surface area contributed by atoms with Crippen molar-refractivity contribution in [2.45, 2.75) is 122 Å². The molecular formula is C43H68NO9P. The van der Waals surface area contributed by atoms with E-state index in [1.165, 1.54) is 0 Å². The van der Waals surface area contributed by atoms with Crippen molar-refractivity contribution >= 4 is 19.8 Å². The first-order valence-electron chi connectivity index (χ1n) is 19.5. The molecule has 0 bridgehead atoms. The molecule has 2 unspecified atom stereocenters. The Balaban J connectivity index is 4.49. The molecule has 0 spiro atoms. The number of nitrogens with two attached hydrogens (primary N) is 1. The molecule has 4 N–H and O–H groups in total. The van der Waals surface area contributed by atoms with E-state index in [9.17, 15) is 24.2 Å². The highest BCUT2D eigenvalue weighted by Gasteiger charge is 2.25. The Morgan fingerprint density at radius 1 is 0.648 bits per heavy atom. The van der Waals surface area contributed by atoms with Crippen LogP contribution in [0.25, 0.3) is 0 Å². The van der Waals surface area contributed by atoms with Gasteiger partial charge in [-0.05, 0) is 83.5 Å². The summed E-state index contributed by atoms with van der Waals surface area (Å²) < 4.78 is 32.5. The Hall–Kier alpha value is -3.37. The second-order valence-corrected chi connectivity index (χ2v) is 13.7. The van der Waals surface area contributed by atoms with Crippen molar-refractivity contribution in [1.82, 2.24) is 0 Å². The predicted molar refractivity (Wildman–Crippen MR) is 220 cm³/mol. The number of ether oxygens (including phenoxy) is 2. The SMILES string of the molecule is CC/C=C\C/C=C\C/C=C\C/C=C\CCCCC(=O)OC[C@H](COP(=O)(O)OCCN)OC(=O)CCC/C=C\C/C=C\C=C\C(O)C/C=C\C/C=C\CC. The molecule has 0 saturated carbocycles. The summed E-state index contributed by atoms with van der Waals surface area (Å²) in [6, 6.07) is 0. The minimum atomic E-state index is -4.42. The van der Waals surface area contributed by atoms with Gasteiger partial charge in [0, 0.05) is 19.4 Å². The van der Waals surface area contributed by atoms with Crippen LogP contribution in [-0.4, -0.2) is 60.5 Å². The van der Waals surface area contributed by atoms with E-state index < -0.39 is 38.6 Å². The molecule has 3 atom stereocenters. The highest BCUT2D eigenvalue weighted by atomic mass is 31.2. The van der Waals surface area contributed by atoms with Crippen molar-refractivity contribution in [3.63, 3.8) is 0 Å². The maximum Gasteiger partial charge on any atom is 0.472 e. The predicted octanol–water partition coefficient (Wildman–Crippen LogP) is 9.79. The van der Waals surface area contributed by atoms with E-state index >= 15 is 0 Å². The van der Waals surface area contributed by atoms with E-state index in [-0.39, 0.29) is 32.6 Å². The molecule has 54 heavy (non-hydrogen) atoms. The van der Waals surface area contributed by atoms with Crippen molar-refractivity contribution in [1.29, 1.82) is 0 Å². The van der Waals surface area contributed by atoms with Gasteiger partial charge in [0.15, 0.2) is 6.10 Å². The zero-order valence-corrected chi connectivity index (χ0v) is 33.7. The molecule has 0 aliphatic heterocycles. The Morgan fingerprint density at radius 3 is 1.80 bits per heavy atom. The topological polar surface area (TPSA) is 155 Å². The number of esters is 2. The molecule has 0 rings (SSSR count). The minimum absolute atomic E-state index is 0.0218. The van der Waals surface area contributed by atoms with Crippen LogP contribution in [0.1, 0.15) is 110 Å². The molecular weight excluding hydrogens is 705 g/mol. The quantitative estimate of drug-likeness (QED) is 0.0189. The first kappa shape index (κ1) is 50.6. The van der Waals surface area contributed by atoms with Gasteiger partial charge in [-0.1, -0.05) is 123 Å². The fourth-order valence-corrected chi connectivity index (χ4v) is 5.15. The fourth-order valence-electron chi connectivity index (χ4n) is 4.39. The first-order chi connectivity index (χ1) is 26.2. The number of phosphoric acid groups is 1. The van der Waals surface area contributed by atoms with Gasteiger partial charge in [0.2, 0.25) is 0 Å². The Kier molecular flexibility index (Phi) is 35.6. The van der Waals surface area contributed by atoms with Crippen molar-refractivity contribution < 1.29 is 42.7 Å². The second kappa shape index (κ2) is 37.9. The monoisotopic (exact) mass is 773 g/mol. The lowest BCUT2D eigenvalue weighted by atomic mass is 10.2. The van der Waals surface area contributed by atoms with Crippen molar-refractivity contribution in [2.24, 2.45) is 5.73 Å². The number of aliphatic hydroxyl groups is 1. The number of hydrogen-bond donors (Lipinski definition) is 3. The van der Waals surface area contributed by atoms with Gasteiger partial charge in [0.25, 0.3) is 0 Å². The Labute approximate surface area is 325 Å². The number of carbonyl (C=O) groups excluding carboxylic acids is 2. The molecule has 0 aromatic heterocycles. The van der Waals surface area contributed by atoms with Crippen LogP contribution in [0, 0.1) is 0 Å². The third-order valence-electron chi connectivity index (χ3n) is 7.23. The van der Waals surface area contributed by atoms with Crippen molar-refractivity contribution in [3.05, 3.63) is 109 Å². The maximum absolute atomic E-state index is 12.5. The van der Waals surface area contributed by atoms with Crippen LogP contribution < -0.4 is 5.73 Å². The Morgan fingerprint density at radius 2 is 1.19 bits per heavy atom. The third-order valence-corrected chi connectivity index (χ3v) is 8.22. The normalized spacial score (nSPS) is 15.1. The van der Waals surface area contributed by atoms with Crippen molar-refractivity contribution in [3.8, 4) is 0 Å². The van der Waals surface area contributed by atoms with Gasteiger partial charge in [-0.15, -0.1) is 0 Å². The van der Waals surface area contributed by atoms with E-state index in [0.717, 1.165) is 51.4 Å². The zero-order valence-electron chi connectivity index (χ0n) is 32.8. The number of allylic oxidation sites excluding steroid dienone is 16. The highest BCUT2D eigenvalue weighted by molar-refractivity contribution is 7.47. The summed E-state index contributed by atoms with van der Waals surface area (Å²) in [5, 5.41) is 10.00. The smallest absolute Gasteiger partial charge is 0.462 e. The molecule has 11 heteroatoms. The average Bonchev–Trinajstić information content (AvgIpc) is 3.15. The molecule has 0 aliphatic carbocycles. The standard InChI is InChI=1S/C43H68NO9P/c1-3-5-7-9-11-12-13-14-15-16-17-18-22-26-30-34-42(46)50-38-41(39-52-54(48,49)51-37-36-44)53-43(47)35-31-27-23-20-19-21-25-29-33-40(45)32-28-24-10-8-6-4-2/h5-8,11-12,14-15,17-18,20-21,23-25,28-29,33,40-41,45H,3-4,9-10,13,16,19,22,26-27,30-32,34-39,44H2,1-2H3,(H,48,49)/b7-5-,8-6-,12-11-,15-14-,18-17-,23-20-,25-21-,28-24-,33-29+/t40?,41-/m1/s1. The van der Waals surface area contributed by atoms with Gasteiger partial charge in [-0.2, -0.15) is 0 Å². The van der Waals surface area contributed by atoms with Crippen LogP contribution in [0.5, 0.6) is 0 Å². The molecule has 0 fully saturated rings. The van der Waals surface area contributed by atoms with Crippen LogP contribution in [0.15, 0.2) is 109 Å². The molecule has 0 radical (unpaired) electrons. The zero-order chi connectivity index (χ0) is 39.8. The third kappa shape index (κ3) is 37.0. The molecule has 0 aliphatic rings. The van der Waals surface area contributed by atoms with E-state index in [4.69, 9.17) is 24.3 Å². The molecule has 304 valence electrons. The summed E-state index contributed by atoms with van der Waals surface area (Å²) in [4.78, 5) is 34.7. The lowest BCUT2D eigenvalue weighted by Crippen LogP contribution is -2.29. The second-order valence-electron chi connectivity index (χ2n) is 12.2. The minimum Gasteiger partial charge on any atom is -0.462 e. The number of carbonyl (C=O) groups is 2. The Bertz CT molecular complexity index is 1260. The number of rotatable bonds is 34. The van der Waals surface area contributed by atoms with E-state index in [1.807, 2.05) is 42.5 Å².